The molecule has 7 nitrogen and oxygen atoms in total. The van der Waals surface area contributed by atoms with Gasteiger partial charge in [-0.15, -0.1) is 11.3 Å². The zero-order valence-electron chi connectivity index (χ0n) is 19.8. The SMILES string of the molecule is COc1ccc([C@@H]2CC(c3ccccc3)=NN2C(=O)COC(=O)CCc2nc3ccccc3s2)cc1. The predicted octanol–water partition coefficient (Wildman–Crippen LogP) is 5.16. The summed E-state index contributed by atoms with van der Waals surface area (Å²) in [5.74, 6) is -0.0639. The molecule has 1 amide bonds. The van der Waals surface area contributed by atoms with Crippen molar-refractivity contribution in [3.05, 3.63) is 95.0 Å². The maximum absolute atomic E-state index is 13.1. The quantitative estimate of drug-likeness (QED) is 0.313. The van der Waals surface area contributed by atoms with Crippen molar-refractivity contribution < 1.29 is 19.1 Å². The summed E-state index contributed by atoms with van der Waals surface area (Å²) in [5.41, 5.74) is 3.62. The van der Waals surface area contributed by atoms with Crippen LogP contribution < -0.4 is 4.74 Å². The lowest BCUT2D eigenvalue weighted by atomic mass is 9.98. The van der Waals surface area contributed by atoms with Crippen LogP contribution in [-0.4, -0.2) is 41.3 Å². The van der Waals surface area contributed by atoms with E-state index in [9.17, 15) is 9.59 Å². The molecular formula is C28H25N3O4S. The predicted molar refractivity (Wildman–Crippen MR) is 139 cm³/mol. The van der Waals surface area contributed by atoms with Crippen molar-refractivity contribution in [1.29, 1.82) is 0 Å². The van der Waals surface area contributed by atoms with E-state index in [0.29, 0.717) is 12.8 Å². The number of nitrogens with zero attached hydrogens (tertiary/aromatic N) is 3. The van der Waals surface area contributed by atoms with Crippen LogP contribution in [0.3, 0.4) is 0 Å². The topological polar surface area (TPSA) is 81.1 Å². The number of thiazole rings is 1. The zero-order valence-corrected chi connectivity index (χ0v) is 20.6. The second-order valence-corrected chi connectivity index (χ2v) is 9.50. The summed E-state index contributed by atoms with van der Waals surface area (Å²) in [5, 5.41) is 6.93. The van der Waals surface area contributed by atoms with Gasteiger partial charge in [0.2, 0.25) is 0 Å². The van der Waals surface area contributed by atoms with Gasteiger partial charge in [0, 0.05) is 12.8 Å². The monoisotopic (exact) mass is 499 g/mol. The summed E-state index contributed by atoms with van der Waals surface area (Å²) in [6.45, 7) is -0.364. The third-order valence-corrected chi connectivity index (χ3v) is 7.11. The van der Waals surface area contributed by atoms with Gasteiger partial charge in [-0.3, -0.25) is 9.59 Å². The number of benzene rings is 3. The van der Waals surface area contributed by atoms with E-state index < -0.39 is 5.97 Å². The zero-order chi connectivity index (χ0) is 24.9. The first kappa shape index (κ1) is 23.7. The maximum atomic E-state index is 13.1. The highest BCUT2D eigenvalue weighted by molar-refractivity contribution is 7.18. The first-order valence-corrected chi connectivity index (χ1v) is 12.5. The number of carbonyl (C=O) groups excluding carboxylic acids is 2. The highest BCUT2D eigenvalue weighted by atomic mass is 32.1. The Morgan fingerprint density at radius 1 is 1.00 bits per heavy atom. The molecule has 0 aliphatic carbocycles. The molecule has 3 aromatic carbocycles. The summed E-state index contributed by atoms with van der Waals surface area (Å²) in [4.78, 5) is 30.1. The van der Waals surface area contributed by atoms with E-state index in [-0.39, 0.29) is 25.0 Å². The molecule has 0 spiro atoms. The number of methoxy groups -OCH3 is 1. The molecule has 0 saturated carbocycles. The number of fused-ring (bicyclic) bond motifs is 1. The molecule has 182 valence electrons. The highest BCUT2D eigenvalue weighted by Crippen LogP contribution is 2.33. The lowest BCUT2D eigenvalue weighted by Crippen LogP contribution is -2.31. The molecule has 0 N–H and O–H groups in total. The Hall–Kier alpha value is -4.04. The maximum Gasteiger partial charge on any atom is 0.306 e. The number of aryl methyl sites for hydroxylation is 1. The number of rotatable bonds is 8. The van der Waals surface area contributed by atoms with Crippen LogP contribution in [0.1, 0.15) is 35.0 Å². The lowest BCUT2D eigenvalue weighted by molar-refractivity contribution is -0.152. The molecule has 1 aromatic heterocycles. The second-order valence-electron chi connectivity index (χ2n) is 8.38. The molecule has 2 heterocycles. The van der Waals surface area contributed by atoms with E-state index >= 15 is 0 Å². The largest absolute Gasteiger partial charge is 0.497 e. The van der Waals surface area contributed by atoms with Crippen LogP contribution in [0.25, 0.3) is 10.2 Å². The summed E-state index contributed by atoms with van der Waals surface area (Å²) < 4.78 is 11.7. The van der Waals surface area contributed by atoms with Crippen LogP contribution >= 0.6 is 11.3 Å². The van der Waals surface area contributed by atoms with Gasteiger partial charge in [-0.2, -0.15) is 5.10 Å². The van der Waals surface area contributed by atoms with Gasteiger partial charge in [0.15, 0.2) is 6.61 Å². The van der Waals surface area contributed by atoms with Gasteiger partial charge < -0.3 is 9.47 Å². The minimum atomic E-state index is -0.435. The van der Waals surface area contributed by atoms with Gasteiger partial charge in [0.1, 0.15) is 5.75 Å². The molecule has 5 rings (SSSR count). The molecule has 4 aromatic rings. The summed E-state index contributed by atoms with van der Waals surface area (Å²) in [7, 11) is 1.61. The van der Waals surface area contributed by atoms with E-state index in [4.69, 9.17) is 9.47 Å². The van der Waals surface area contributed by atoms with Crippen molar-refractivity contribution in [2.45, 2.75) is 25.3 Å². The van der Waals surface area contributed by atoms with Crippen molar-refractivity contribution >= 4 is 39.1 Å². The van der Waals surface area contributed by atoms with E-state index in [1.807, 2.05) is 78.9 Å². The molecule has 1 aliphatic heterocycles. The van der Waals surface area contributed by atoms with Crippen molar-refractivity contribution in [2.75, 3.05) is 13.7 Å². The fourth-order valence-electron chi connectivity index (χ4n) is 4.15. The Morgan fingerprint density at radius 3 is 2.50 bits per heavy atom. The van der Waals surface area contributed by atoms with E-state index in [0.717, 1.165) is 37.8 Å². The molecule has 36 heavy (non-hydrogen) atoms. The molecule has 0 saturated heterocycles. The molecule has 0 fully saturated rings. The Morgan fingerprint density at radius 2 is 1.75 bits per heavy atom. The fraction of sp³-hybridized carbons (Fsp3) is 0.214. The van der Waals surface area contributed by atoms with Gasteiger partial charge in [0.05, 0.1) is 40.5 Å². The van der Waals surface area contributed by atoms with Gasteiger partial charge in [-0.05, 0) is 35.4 Å². The van der Waals surface area contributed by atoms with Crippen LogP contribution in [0, 0.1) is 0 Å². The van der Waals surface area contributed by atoms with Crippen molar-refractivity contribution in [3.63, 3.8) is 0 Å². The number of aromatic nitrogens is 1. The molecular weight excluding hydrogens is 474 g/mol. The number of esters is 1. The minimum Gasteiger partial charge on any atom is -0.497 e. The smallest absolute Gasteiger partial charge is 0.306 e. The Kier molecular flexibility index (Phi) is 7.04. The Balaban J connectivity index is 1.24. The molecule has 0 unspecified atom stereocenters. The molecule has 0 bridgehead atoms. The molecule has 1 aliphatic rings. The Labute approximate surface area is 213 Å². The number of hydrazone groups is 1. The van der Waals surface area contributed by atoms with Gasteiger partial charge in [0.25, 0.3) is 5.91 Å². The first-order chi connectivity index (χ1) is 17.6. The van der Waals surface area contributed by atoms with Gasteiger partial charge >= 0.3 is 5.97 Å². The highest BCUT2D eigenvalue weighted by Gasteiger charge is 2.33. The van der Waals surface area contributed by atoms with Crippen LogP contribution in [0.4, 0.5) is 0 Å². The van der Waals surface area contributed by atoms with Crippen LogP contribution in [0.5, 0.6) is 5.75 Å². The van der Waals surface area contributed by atoms with E-state index in [1.165, 1.54) is 5.01 Å². The van der Waals surface area contributed by atoms with E-state index in [1.54, 1.807) is 18.4 Å². The summed E-state index contributed by atoms with van der Waals surface area (Å²) >= 11 is 1.56. The van der Waals surface area contributed by atoms with Gasteiger partial charge in [-0.1, -0.05) is 54.6 Å². The second kappa shape index (κ2) is 10.7. The van der Waals surface area contributed by atoms with Crippen molar-refractivity contribution in [3.8, 4) is 5.75 Å². The molecule has 8 heteroatoms. The number of hydrogen-bond acceptors (Lipinski definition) is 7. The fourth-order valence-corrected chi connectivity index (χ4v) is 5.11. The summed E-state index contributed by atoms with van der Waals surface area (Å²) in [6.07, 6.45) is 1.20. The third-order valence-electron chi connectivity index (χ3n) is 6.01. The standard InChI is InChI=1S/C28H25N3O4S/c1-34-21-13-11-20(12-14-21)24-17-23(19-7-3-2-4-8-19)30-31(24)27(32)18-35-28(33)16-15-26-29-22-9-5-6-10-25(22)36-26/h2-14,24H,15-18H2,1H3/t24-/m0/s1. The average molecular weight is 500 g/mol. The summed E-state index contributed by atoms with van der Waals surface area (Å²) in [6, 6.07) is 24.9. The number of para-hydroxylation sites is 1. The number of amides is 1. The first-order valence-electron chi connectivity index (χ1n) is 11.7. The molecule has 1 atom stereocenters. The van der Waals surface area contributed by atoms with Gasteiger partial charge in [-0.25, -0.2) is 9.99 Å². The third kappa shape index (κ3) is 5.28. The number of carbonyl (C=O) groups is 2. The number of ether oxygens (including phenoxy) is 2. The van der Waals surface area contributed by atoms with Crippen molar-refractivity contribution in [2.24, 2.45) is 5.10 Å². The van der Waals surface area contributed by atoms with Crippen molar-refractivity contribution in [1.82, 2.24) is 9.99 Å². The van der Waals surface area contributed by atoms with E-state index in [2.05, 4.69) is 10.1 Å². The van der Waals surface area contributed by atoms with Crippen LogP contribution in [0.2, 0.25) is 0 Å². The average Bonchev–Trinajstić information content (AvgIpc) is 3.56. The Bertz CT molecular complexity index is 1370. The van der Waals surface area contributed by atoms with Crippen LogP contribution in [0.15, 0.2) is 84.0 Å². The minimum absolute atomic E-state index is 0.160. The molecule has 0 radical (unpaired) electrons. The number of hydrogen-bond donors (Lipinski definition) is 0. The van der Waals surface area contributed by atoms with Crippen LogP contribution in [-0.2, 0) is 20.7 Å². The normalized spacial score (nSPS) is 15.1. The lowest BCUT2D eigenvalue weighted by Gasteiger charge is -2.22.